The summed E-state index contributed by atoms with van der Waals surface area (Å²) in [5, 5.41) is 12.4. The topological polar surface area (TPSA) is 93.1 Å². The lowest BCUT2D eigenvalue weighted by atomic mass is 9.70. The highest BCUT2D eigenvalue weighted by molar-refractivity contribution is 5.95. The number of anilines is 1. The van der Waals surface area contributed by atoms with Crippen LogP contribution in [-0.4, -0.2) is 38.9 Å². The fourth-order valence-electron chi connectivity index (χ4n) is 5.23. The molecular formula is C23H32N6O2. The van der Waals surface area contributed by atoms with Crippen LogP contribution in [0.1, 0.15) is 64.4 Å². The molecule has 3 N–H and O–H groups in total. The molecule has 31 heavy (non-hydrogen) atoms. The monoisotopic (exact) mass is 424 g/mol. The largest absolute Gasteiger partial charge is 0.381 e. The Morgan fingerprint density at radius 2 is 2.10 bits per heavy atom. The Morgan fingerprint density at radius 1 is 1.29 bits per heavy atom. The van der Waals surface area contributed by atoms with E-state index in [1.54, 1.807) is 6.92 Å². The van der Waals surface area contributed by atoms with Gasteiger partial charge in [0.25, 0.3) is 0 Å². The molecule has 2 aromatic rings. The Balaban J connectivity index is 1.42. The fourth-order valence-corrected chi connectivity index (χ4v) is 5.23. The molecule has 1 aliphatic heterocycles. The number of hydrogen-bond donors (Lipinski definition) is 3. The van der Waals surface area contributed by atoms with Crippen LogP contribution in [0.4, 0.5) is 5.69 Å². The summed E-state index contributed by atoms with van der Waals surface area (Å²) in [6.07, 6.45) is 14.2. The van der Waals surface area contributed by atoms with E-state index in [1.807, 2.05) is 17.1 Å². The average Bonchev–Trinajstić information content (AvgIpc) is 3.37. The zero-order valence-electron chi connectivity index (χ0n) is 18.4. The van der Waals surface area contributed by atoms with Crippen molar-refractivity contribution in [3.8, 4) is 0 Å². The second-order valence-corrected chi connectivity index (χ2v) is 9.26. The number of aryl methyl sites for hydroxylation is 1. The lowest BCUT2D eigenvalue weighted by molar-refractivity contribution is -0.123. The lowest BCUT2D eigenvalue weighted by Crippen LogP contribution is -2.47. The molecule has 166 valence electrons. The number of nitrogens with zero attached hydrogens (tertiary/aromatic N) is 3. The van der Waals surface area contributed by atoms with Gasteiger partial charge in [0.1, 0.15) is 5.60 Å². The van der Waals surface area contributed by atoms with Crippen molar-refractivity contribution in [1.29, 1.82) is 0 Å². The minimum atomic E-state index is -0.289. The predicted molar refractivity (Wildman–Crippen MR) is 120 cm³/mol. The summed E-state index contributed by atoms with van der Waals surface area (Å²) in [6, 6.07) is 0.477. The number of carbonyl (C=O) groups is 1. The normalized spacial score (nSPS) is 25.9. The molecule has 2 fully saturated rings. The molecule has 0 aromatic carbocycles. The number of hydrogen-bond acceptors (Lipinski definition) is 6. The maximum Gasteiger partial charge on any atom is 0.216 e. The minimum absolute atomic E-state index is 0.0214. The van der Waals surface area contributed by atoms with Crippen LogP contribution in [-0.2, 0) is 16.2 Å². The van der Waals surface area contributed by atoms with Crippen LogP contribution in [0, 0.1) is 5.92 Å². The molecule has 3 aliphatic rings. The number of carbonyl (C=O) groups excluding carboxylic acids is 1. The van der Waals surface area contributed by atoms with Crippen LogP contribution >= 0.6 is 0 Å². The van der Waals surface area contributed by atoms with Gasteiger partial charge in [0, 0.05) is 37.8 Å². The maximum atomic E-state index is 11.2. The van der Waals surface area contributed by atoms with Crippen molar-refractivity contribution >= 4 is 28.3 Å². The highest BCUT2D eigenvalue weighted by Gasteiger charge is 2.47. The molecule has 0 atom stereocenters. The number of fused-ring (bicyclic) bond motifs is 1. The standard InChI is InChI=1S/C23H32N6O2/c1-3-29-22-19(14-26-29)21(27-17-7-5-4-6-8-17)18(13-25-22)20-11-23(31-28-20)9-16(10-23)12-24-15(2)30/h11,13-14,16-17,28H,3-10,12H2,1-2H3,(H,24,30)(H,25,27). The van der Waals surface area contributed by atoms with E-state index in [0.29, 0.717) is 18.5 Å². The summed E-state index contributed by atoms with van der Waals surface area (Å²) < 4.78 is 1.94. The van der Waals surface area contributed by atoms with Gasteiger partial charge in [0.15, 0.2) is 5.65 Å². The first-order chi connectivity index (χ1) is 15.1. The summed E-state index contributed by atoms with van der Waals surface area (Å²) in [4.78, 5) is 22.0. The summed E-state index contributed by atoms with van der Waals surface area (Å²) in [7, 11) is 0. The first-order valence-electron chi connectivity index (χ1n) is 11.6. The van der Waals surface area contributed by atoms with Gasteiger partial charge in [-0.2, -0.15) is 5.10 Å². The second-order valence-electron chi connectivity index (χ2n) is 9.26. The van der Waals surface area contributed by atoms with E-state index in [2.05, 4.69) is 34.2 Å². The number of rotatable bonds is 6. The van der Waals surface area contributed by atoms with Gasteiger partial charge >= 0.3 is 0 Å². The molecule has 0 unspecified atom stereocenters. The van der Waals surface area contributed by atoms with Crippen molar-refractivity contribution in [1.82, 2.24) is 25.6 Å². The van der Waals surface area contributed by atoms with Crippen molar-refractivity contribution in [2.45, 2.75) is 77.0 Å². The van der Waals surface area contributed by atoms with Gasteiger partial charge in [0.2, 0.25) is 5.91 Å². The zero-order chi connectivity index (χ0) is 21.4. The van der Waals surface area contributed by atoms with Crippen LogP contribution in [0.5, 0.6) is 0 Å². The van der Waals surface area contributed by atoms with Crippen molar-refractivity contribution < 1.29 is 9.63 Å². The summed E-state index contributed by atoms with van der Waals surface area (Å²) in [6.45, 7) is 5.15. The number of hydroxylamine groups is 1. The summed E-state index contributed by atoms with van der Waals surface area (Å²) in [5.41, 5.74) is 6.91. The van der Waals surface area contributed by atoms with E-state index in [0.717, 1.165) is 47.4 Å². The molecule has 5 rings (SSSR count). The Hall–Kier alpha value is -2.61. The Morgan fingerprint density at radius 3 is 2.84 bits per heavy atom. The Bertz CT molecular complexity index is 1000. The average molecular weight is 425 g/mol. The molecule has 2 saturated carbocycles. The van der Waals surface area contributed by atoms with Gasteiger partial charge in [-0.05, 0) is 44.6 Å². The van der Waals surface area contributed by atoms with Crippen LogP contribution in [0.2, 0.25) is 0 Å². The first kappa shape index (κ1) is 20.3. The van der Waals surface area contributed by atoms with Gasteiger partial charge in [-0.25, -0.2) is 9.67 Å². The molecule has 3 heterocycles. The molecule has 0 bridgehead atoms. The van der Waals surface area contributed by atoms with Gasteiger partial charge in [0.05, 0.1) is 23.0 Å². The molecule has 1 amide bonds. The quantitative estimate of drug-likeness (QED) is 0.659. The summed E-state index contributed by atoms with van der Waals surface area (Å²) >= 11 is 0. The number of pyridine rings is 1. The van der Waals surface area contributed by atoms with Crippen LogP contribution < -0.4 is 16.1 Å². The summed E-state index contributed by atoms with van der Waals surface area (Å²) in [5.74, 6) is 0.470. The first-order valence-corrected chi connectivity index (χ1v) is 11.6. The van der Waals surface area contributed by atoms with E-state index in [9.17, 15) is 4.79 Å². The van der Waals surface area contributed by atoms with Gasteiger partial charge in [-0.1, -0.05) is 19.3 Å². The van der Waals surface area contributed by atoms with E-state index in [1.165, 1.54) is 32.1 Å². The highest BCUT2D eigenvalue weighted by atomic mass is 16.7. The maximum absolute atomic E-state index is 11.2. The van der Waals surface area contributed by atoms with Crippen LogP contribution in [0.25, 0.3) is 16.7 Å². The van der Waals surface area contributed by atoms with Gasteiger partial charge < -0.3 is 10.6 Å². The van der Waals surface area contributed by atoms with Crippen molar-refractivity contribution in [3.63, 3.8) is 0 Å². The number of nitrogens with one attached hydrogen (secondary N) is 3. The van der Waals surface area contributed by atoms with Gasteiger partial charge in [-0.3, -0.25) is 15.1 Å². The number of aromatic nitrogens is 3. The van der Waals surface area contributed by atoms with E-state index in [4.69, 9.17) is 9.82 Å². The third kappa shape index (κ3) is 3.89. The van der Waals surface area contributed by atoms with Gasteiger partial charge in [-0.15, -0.1) is 0 Å². The molecule has 0 radical (unpaired) electrons. The molecule has 0 saturated heterocycles. The molecule has 8 nitrogen and oxygen atoms in total. The van der Waals surface area contributed by atoms with E-state index < -0.39 is 0 Å². The predicted octanol–water partition coefficient (Wildman–Crippen LogP) is 3.36. The third-order valence-corrected chi connectivity index (χ3v) is 6.89. The second kappa shape index (κ2) is 8.15. The van der Waals surface area contributed by atoms with Crippen molar-refractivity contribution in [2.24, 2.45) is 5.92 Å². The molecule has 1 spiro atoms. The SMILES string of the molecule is CCn1ncc2c(NC3CCCCC3)c(C3=CC4(CC(CNC(C)=O)C4)ON3)cnc21. The van der Waals surface area contributed by atoms with E-state index in [-0.39, 0.29) is 11.5 Å². The molecular weight excluding hydrogens is 392 g/mol. The molecule has 2 aromatic heterocycles. The van der Waals surface area contributed by atoms with Crippen molar-refractivity contribution in [2.75, 3.05) is 11.9 Å². The smallest absolute Gasteiger partial charge is 0.216 e. The Labute approximate surface area is 182 Å². The van der Waals surface area contributed by atoms with E-state index >= 15 is 0 Å². The highest BCUT2D eigenvalue weighted by Crippen LogP contribution is 2.46. The zero-order valence-corrected chi connectivity index (χ0v) is 18.4. The Kier molecular flexibility index (Phi) is 5.33. The minimum Gasteiger partial charge on any atom is -0.381 e. The fraction of sp³-hybridized carbons (Fsp3) is 0.609. The van der Waals surface area contributed by atoms with Crippen LogP contribution in [0.15, 0.2) is 18.5 Å². The number of amides is 1. The molecule has 8 heteroatoms. The van der Waals surface area contributed by atoms with Crippen molar-refractivity contribution in [3.05, 3.63) is 24.0 Å². The molecule has 2 aliphatic carbocycles. The lowest BCUT2D eigenvalue weighted by Gasteiger charge is -2.41. The third-order valence-electron chi connectivity index (χ3n) is 6.89. The van der Waals surface area contributed by atoms with Crippen LogP contribution in [0.3, 0.4) is 0 Å².